The van der Waals surface area contributed by atoms with Crippen molar-refractivity contribution in [3.05, 3.63) is 117 Å². The van der Waals surface area contributed by atoms with Crippen molar-refractivity contribution < 1.29 is 18.3 Å². The van der Waals surface area contributed by atoms with Crippen molar-refractivity contribution in [3.8, 4) is 22.9 Å². The molecule has 1 amide bonds. The number of nitrogens with one attached hydrogen (secondary N) is 1. The summed E-state index contributed by atoms with van der Waals surface area (Å²) in [5.74, 6) is 1.46. The number of nitrogens with zero attached hydrogens (tertiary/aromatic N) is 10. The maximum Gasteiger partial charge on any atom is 0.328 e. The van der Waals surface area contributed by atoms with Crippen molar-refractivity contribution in [2.45, 2.75) is 78.4 Å². The van der Waals surface area contributed by atoms with Crippen molar-refractivity contribution in [3.63, 3.8) is 0 Å². The molecule has 0 bridgehead atoms. The second-order valence-electron chi connectivity index (χ2n) is 21.0. The molecular formula is C54H60ClF2N11O3. The molecule has 10 rings (SSSR count). The molecule has 1 aliphatic carbocycles. The lowest BCUT2D eigenvalue weighted by Crippen LogP contribution is -2.74. The van der Waals surface area contributed by atoms with Crippen LogP contribution in [0.5, 0.6) is 5.75 Å². The summed E-state index contributed by atoms with van der Waals surface area (Å²) in [4.78, 5) is 43.2. The van der Waals surface area contributed by atoms with Crippen LogP contribution in [0.2, 0.25) is 5.02 Å². The number of rotatable bonds is 11. The molecule has 6 heterocycles. The Morgan fingerprint density at radius 2 is 1.69 bits per heavy atom. The van der Waals surface area contributed by atoms with Crippen LogP contribution in [0.4, 0.5) is 26.1 Å². The Balaban J connectivity index is 0.775. The molecule has 6 aromatic rings. The van der Waals surface area contributed by atoms with Gasteiger partial charge in [-0.3, -0.25) is 23.5 Å². The van der Waals surface area contributed by atoms with Crippen LogP contribution in [0.1, 0.15) is 92.4 Å². The number of anilines is 3. The molecule has 0 unspecified atom stereocenters. The number of amides is 1. The fraction of sp³-hybridized carbons (Fsp3) is 0.444. The van der Waals surface area contributed by atoms with E-state index in [2.05, 4.69) is 81.0 Å². The smallest absolute Gasteiger partial charge is 0.328 e. The highest BCUT2D eigenvalue weighted by Crippen LogP contribution is 2.56. The number of imidazole rings is 1. The number of carbonyl (C=O) groups excluding carboxylic acids is 1. The van der Waals surface area contributed by atoms with Crippen molar-refractivity contribution in [1.29, 1.82) is 5.26 Å². The summed E-state index contributed by atoms with van der Waals surface area (Å²) < 4.78 is 40.9. The van der Waals surface area contributed by atoms with E-state index in [1.54, 1.807) is 77.0 Å². The van der Waals surface area contributed by atoms with E-state index in [4.69, 9.17) is 16.3 Å². The molecular weight excluding hydrogens is 924 g/mol. The number of fused-ring (bicyclic) bond motifs is 2. The minimum absolute atomic E-state index is 0.0174. The molecule has 3 aromatic carbocycles. The van der Waals surface area contributed by atoms with Crippen LogP contribution >= 0.6 is 11.6 Å². The first-order chi connectivity index (χ1) is 33.9. The number of halogens is 3. The number of carbonyl (C=O) groups is 1. The van der Waals surface area contributed by atoms with Crippen molar-refractivity contribution in [2.75, 3.05) is 49.1 Å². The summed E-state index contributed by atoms with van der Waals surface area (Å²) in [5.41, 5.74) is 7.58. The minimum Gasteiger partial charge on any atom is -0.489 e. The Morgan fingerprint density at radius 1 is 0.944 bits per heavy atom. The highest BCUT2D eigenvalue weighted by atomic mass is 35.5. The van der Waals surface area contributed by atoms with E-state index < -0.39 is 17.3 Å². The molecule has 3 aromatic heterocycles. The first kappa shape index (κ1) is 48.1. The zero-order valence-electron chi connectivity index (χ0n) is 41.3. The normalized spacial score (nSPS) is 20.1. The van der Waals surface area contributed by atoms with Gasteiger partial charge in [0.05, 0.1) is 33.4 Å². The summed E-state index contributed by atoms with van der Waals surface area (Å²) in [6.45, 7) is 13.2. The Bertz CT molecular complexity index is 3160. The second kappa shape index (κ2) is 18.6. The molecule has 3 aliphatic heterocycles. The number of aryl methyl sites for hydroxylation is 4. The van der Waals surface area contributed by atoms with Crippen LogP contribution in [0.25, 0.3) is 27.7 Å². The van der Waals surface area contributed by atoms with Crippen LogP contribution in [-0.2, 0) is 27.6 Å². The minimum atomic E-state index is -2.66. The van der Waals surface area contributed by atoms with Gasteiger partial charge in [0.15, 0.2) is 0 Å². The van der Waals surface area contributed by atoms with E-state index in [9.17, 15) is 23.6 Å². The average molecular weight is 985 g/mol. The van der Waals surface area contributed by atoms with Crippen LogP contribution in [0, 0.1) is 28.1 Å². The molecule has 1 saturated carbocycles. The Labute approximate surface area is 417 Å². The highest BCUT2D eigenvalue weighted by molar-refractivity contribution is 6.31. The molecule has 2 fully saturated rings. The molecule has 0 atom stereocenters. The molecule has 71 heavy (non-hydrogen) atoms. The van der Waals surface area contributed by atoms with Gasteiger partial charge in [-0.05, 0) is 91.1 Å². The first-order valence-corrected chi connectivity index (χ1v) is 24.9. The van der Waals surface area contributed by atoms with Gasteiger partial charge in [0.25, 0.3) is 12.3 Å². The lowest BCUT2D eigenvalue weighted by molar-refractivity contribution is -0.164. The van der Waals surface area contributed by atoms with Crippen molar-refractivity contribution in [1.82, 2.24) is 39.1 Å². The quantitative estimate of drug-likeness (QED) is 0.134. The standard InChI is InChI=1S/C54H60ClF2N11O3/c1-53(2)49(54(3,4)50(53)71-39-11-10-35(26-58)43(55)24-39)62-48(69)36-27-59-51(60-28-36)67-19-12-32(13-20-67)30-66-17-14-33(15-18-66)41-22-38(23-45-46(41)65(7)52(70)64(45)6)68-16-8-9-34-21-40(37-29-61-63(5)31-37)42(47(56)57)25-44(34)68/h10-11,14,21-25,27-29,31-32,47,49-50H,8-9,12-13,15-20,30H2,1-7H3,(H,62,69). The Morgan fingerprint density at radius 3 is 2.34 bits per heavy atom. The van der Waals surface area contributed by atoms with Gasteiger partial charge in [-0.2, -0.15) is 10.4 Å². The Hall–Kier alpha value is -6.57. The number of ether oxygens (including phenoxy) is 1. The second-order valence-corrected chi connectivity index (χ2v) is 21.4. The van der Waals surface area contributed by atoms with Gasteiger partial charge in [0.2, 0.25) is 5.95 Å². The van der Waals surface area contributed by atoms with Crippen LogP contribution in [0.3, 0.4) is 0 Å². The van der Waals surface area contributed by atoms with Crippen LogP contribution < -0.4 is 25.5 Å². The molecule has 4 aliphatic rings. The van der Waals surface area contributed by atoms with Gasteiger partial charge in [-0.1, -0.05) is 45.4 Å². The van der Waals surface area contributed by atoms with E-state index in [0.29, 0.717) is 51.4 Å². The molecule has 0 radical (unpaired) electrons. The number of aromatic nitrogens is 6. The largest absolute Gasteiger partial charge is 0.489 e. The monoisotopic (exact) mass is 983 g/mol. The summed E-state index contributed by atoms with van der Waals surface area (Å²) >= 11 is 6.27. The van der Waals surface area contributed by atoms with E-state index >= 15 is 0 Å². The molecule has 14 nitrogen and oxygen atoms in total. The fourth-order valence-electron chi connectivity index (χ4n) is 12.2. The zero-order chi connectivity index (χ0) is 50.1. The summed E-state index contributed by atoms with van der Waals surface area (Å²) in [6.07, 6.45) is 10.5. The number of alkyl halides is 2. The Kier molecular flexibility index (Phi) is 12.6. The van der Waals surface area contributed by atoms with Gasteiger partial charge in [0, 0.05) is 130 Å². The summed E-state index contributed by atoms with van der Waals surface area (Å²) in [7, 11) is 5.40. The van der Waals surface area contributed by atoms with Gasteiger partial charge < -0.3 is 19.9 Å². The topological polar surface area (TPSA) is 142 Å². The number of nitriles is 1. The van der Waals surface area contributed by atoms with Gasteiger partial charge in [-0.25, -0.2) is 23.5 Å². The van der Waals surface area contributed by atoms with Crippen LogP contribution in [-0.4, -0.2) is 91.1 Å². The maximum absolute atomic E-state index is 14.7. The van der Waals surface area contributed by atoms with Gasteiger partial charge >= 0.3 is 5.69 Å². The molecule has 17 heteroatoms. The van der Waals surface area contributed by atoms with Gasteiger partial charge in [-0.15, -0.1) is 0 Å². The summed E-state index contributed by atoms with van der Waals surface area (Å²) in [5, 5.41) is 17.1. The SMILES string of the molecule is Cn1cc(-c2cc3c(cc2C(F)F)N(c2cc(C4=CCN(CC5CCN(c6ncc(C(=O)NC7C(C)(C)C(Oc8ccc(C#N)c(Cl)c8)C7(C)C)cn6)CC5)CC4)c4c(c2)n(C)c(=O)n4C)CCC3)cn1. The molecule has 1 N–H and O–H groups in total. The first-order valence-electron chi connectivity index (χ1n) is 24.5. The zero-order valence-corrected chi connectivity index (χ0v) is 42.1. The fourth-order valence-corrected chi connectivity index (χ4v) is 12.4. The lowest BCUT2D eigenvalue weighted by atomic mass is 9.49. The summed E-state index contributed by atoms with van der Waals surface area (Å²) in [6, 6.07) is 14.7. The third kappa shape index (κ3) is 8.75. The molecule has 0 spiro atoms. The number of benzene rings is 3. The predicted octanol–water partition coefficient (Wildman–Crippen LogP) is 9.23. The van der Waals surface area contributed by atoms with Crippen molar-refractivity contribution in [2.24, 2.45) is 37.9 Å². The maximum atomic E-state index is 14.7. The molecule has 1 saturated heterocycles. The van der Waals surface area contributed by atoms with Crippen molar-refractivity contribution >= 4 is 51.4 Å². The lowest BCUT2D eigenvalue weighted by Gasteiger charge is -2.63. The molecule has 370 valence electrons. The number of piperidine rings is 1. The van der Waals surface area contributed by atoms with E-state index in [0.717, 1.165) is 98.4 Å². The third-order valence-corrected chi connectivity index (χ3v) is 16.0. The number of hydrogen-bond acceptors (Lipinski definition) is 10. The average Bonchev–Trinajstić information content (AvgIpc) is 3.90. The number of hydrogen-bond donors (Lipinski definition) is 1. The van der Waals surface area contributed by atoms with Crippen LogP contribution in [0.15, 0.2) is 78.1 Å². The van der Waals surface area contributed by atoms with E-state index in [1.165, 1.54) is 5.57 Å². The van der Waals surface area contributed by atoms with E-state index in [-0.39, 0.29) is 29.3 Å². The highest BCUT2D eigenvalue weighted by Gasteiger charge is 2.64. The third-order valence-electron chi connectivity index (χ3n) is 15.7. The van der Waals surface area contributed by atoms with Gasteiger partial charge in [0.1, 0.15) is 17.9 Å². The predicted molar refractivity (Wildman–Crippen MR) is 272 cm³/mol. The van der Waals surface area contributed by atoms with E-state index in [1.807, 2.05) is 19.2 Å².